The SMILES string of the molecule is CCOC(=O)c1c(-c2ccc(OCC(=O)N/N=C\c3cc(C)n(C)c3C)c(OC)c2)nc(=O)[nH]c1C. The molecule has 11 nitrogen and oxygen atoms in total. The Kier molecular flexibility index (Phi) is 8.26. The second-order valence-electron chi connectivity index (χ2n) is 7.94. The van der Waals surface area contributed by atoms with Crippen LogP contribution in [-0.2, 0) is 16.6 Å². The van der Waals surface area contributed by atoms with Crippen LogP contribution in [0.15, 0.2) is 34.2 Å². The molecule has 11 heteroatoms. The molecule has 0 fully saturated rings. The van der Waals surface area contributed by atoms with Crippen molar-refractivity contribution in [3.05, 3.63) is 63.0 Å². The maximum Gasteiger partial charge on any atom is 0.345 e. The molecule has 3 rings (SSSR count). The number of methoxy groups -OCH3 is 1. The minimum atomic E-state index is -0.605. The van der Waals surface area contributed by atoms with Gasteiger partial charge in [-0.1, -0.05) is 0 Å². The lowest BCUT2D eigenvalue weighted by atomic mass is 10.0. The van der Waals surface area contributed by atoms with Crippen molar-refractivity contribution in [3.8, 4) is 22.8 Å². The summed E-state index contributed by atoms with van der Waals surface area (Å²) in [5, 5.41) is 3.99. The second-order valence-corrected chi connectivity index (χ2v) is 7.94. The van der Waals surface area contributed by atoms with Crippen molar-refractivity contribution in [1.29, 1.82) is 0 Å². The van der Waals surface area contributed by atoms with Crippen LogP contribution in [0.25, 0.3) is 11.3 Å². The quantitative estimate of drug-likeness (QED) is 0.264. The lowest BCUT2D eigenvalue weighted by Crippen LogP contribution is -2.24. The summed E-state index contributed by atoms with van der Waals surface area (Å²) >= 11 is 0. The predicted octanol–water partition coefficient (Wildman–Crippen LogP) is 2.42. The number of amides is 1. The number of aromatic amines is 1. The lowest BCUT2D eigenvalue weighted by Gasteiger charge is -2.14. The van der Waals surface area contributed by atoms with Crippen molar-refractivity contribution in [3.63, 3.8) is 0 Å². The molecule has 0 saturated carbocycles. The number of hydrogen-bond acceptors (Lipinski definition) is 8. The number of rotatable bonds is 9. The molecule has 190 valence electrons. The predicted molar refractivity (Wildman–Crippen MR) is 134 cm³/mol. The average molecular weight is 496 g/mol. The number of benzene rings is 1. The van der Waals surface area contributed by atoms with Crippen LogP contribution < -0.4 is 20.6 Å². The molecule has 0 spiro atoms. The number of hydrazone groups is 1. The monoisotopic (exact) mass is 495 g/mol. The third-order valence-electron chi connectivity index (χ3n) is 5.60. The Morgan fingerprint density at radius 3 is 2.58 bits per heavy atom. The van der Waals surface area contributed by atoms with Gasteiger partial charge in [-0.3, -0.25) is 4.79 Å². The Balaban J connectivity index is 1.75. The number of H-pyrrole nitrogens is 1. The normalized spacial score (nSPS) is 10.9. The van der Waals surface area contributed by atoms with Crippen LogP contribution in [0, 0.1) is 20.8 Å². The first-order valence-electron chi connectivity index (χ1n) is 11.2. The molecule has 2 N–H and O–H groups in total. The Bertz CT molecular complexity index is 1370. The van der Waals surface area contributed by atoms with Crippen LogP contribution in [0.3, 0.4) is 0 Å². The third-order valence-corrected chi connectivity index (χ3v) is 5.60. The van der Waals surface area contributed by atoms with Gasteiger partial charge in [0.15, 0.2) is 18.1 Å². The molecule has 0 aliphatic heterocycles. The number of aromatic nitrogens is 3. The number of esters is 1. The molecular formula is C25H29N5O6. The molecule has 0 unspecified atom stereocenters. The fourth-order valence-corrected chi connectivity index (χ4v) is 3.55. The van der Waals surface area contributed by atoms with Crippen LogP contribution in [0.2, 0.25) is 0 Å². The summed E-state index contributed by atoms with van der Waals surface area (Å²) in [5.74, 6) is -0.492. The van der Waals surface area contributed by atoms with Crippen LogP contribution in [-0.4, -0.2) is 52.9 Å². The van der Waals surface area contributed by atoms with E-state index in [0.29, 0.717) is 11.3 Å². The van der Waals surface area contributed by atoms with Gasteiger partial charge in [0.2, 0.25) is 0 Å². The van der Waals surface area contributed by atoms with Gasteiger partial charge in [-0.15, -0.1) is 0 Å². The van der Waals surface area contributed by atoms with Crippen molar-refractivity contribution in [2.75, 3.05) is 20.3 Å². The Labute approximate surface area is 208 Å². The summed E-state index contributed by atoms with van der Waals surface area (Å²) in [6.45, 7) is 7.09. The molecule has 0 radical (unpaired) electrons. The summed E-state index contributed by atoms with van der Waals surface area (Å²) in [6, 6.07) is 6.71. The molecule has 2 heterocycles. The van der Waals surface area contributed by atoms with E-state index in [4.69, 9.17) is 14.2 Å². The van der Waals surface area contributed by atoms with Gasteiger partial charge in [-0.05, 0) is 52.0 Å². The van der Waals surface area contributed by atoms with Gasteiger partial charge in [-0.25, -0.2) is 15.0 Å². The molecule has 0 atom stereocenters. The Morgan fingerprint density at radius 2 is 1.94 bits per heavy atom. The zero-order valence-corrected chi connectivity index (χ0v) is 21.1. The largest absolute Gasteiger partial charge is 0.493 e. The van der Waals surface area contributed by atoms with E-state index >= 15 is 0 Å². The van der Waals surface area contributed by atoms with Crippen LogP contribution >= 0.6 is 0 Å². The van der Waals surface area contributed by atoms with E-state index in [2.05, 4.69) is 20.5 Å². The first kappa shape index (κ1) is 26.2. The zero-order valence-electron chi connectivity index (χ0n) is 21.1. The van der Waals surface area contributed by atoms with Gasteiger partial charge in [0.25, 0.3) is 5.91 Å². The molecule has 3 aromatic rings. The minimum absolute atomic E-state index is 0.147. The third kappa shape index (κ3) is 5.80. The molecule has 1 aromatic carbocycles. The number of ether oxygens (including phenoxy) is 3. The standard InChI is InChI=1S/C25H29N5O6/c1-7-35-24(32)22-15(3)27-25(33)28-23(22)17-8-9-19(20(11-17)34-6)36-13-21(31)29-26-12-18-10-14(2)30(5)16(18)4/h8-12H,7,13H2,1-6H3,(H,29,31)(H,27,28,33)/b26-12-. The average Bonchev–Trinajstić information content (AvgIpc) is 3.08. The fraction of sp³-hybridized carbons (Fsp3) is 0.320. The van der Waals surface area contributed by atoms with E-state index in [-0.39, 0.29) is 36.0 Å². The van der Waals surface area contributed by atoms with Crippen LogP contribution in [0.5, 0.6) is 11.5 Å². The van der Waals surface area contributed by atoms with Crippen molar-refractivity contribution in [2.45, 2.75) is 27.7 Å². The van der Waals surface area contributed by atoms with E-state index in [1.54, 1.807) is 38.3 Å². The van der Waals surface area contributed by atoms with Crippen molar-refractivity contribution >= 4 is 18.1 Å². The topological polar surface area (TPSA) is 137 Å². The summed E-state index contributed by atoms with van der Waals surface area (Å²) in [4.78, 5) is 43.2. The van der Waals surface area contributed by atoms with Gasteiger partial charge < -0.3 is 23.8 Å². The van der Waals surface area contributed by atoms with Gasteiger partial charge in [0, 0.05) is 35.3 Å². The number of carbonyl (C=O) groups excluding carboxylic acids is 2. The maximum absolute atomic E-state index is 12.5. The second kappa shape index (κ2) is 11.3. The van der Waals surface area contributed by atoms with Gasteiger partial charge >= 0.3 is 11.7 Å². The zero-order chi connectivity index (χ0) is 26.4. The van der Waals surface area contributed by atoms with Crippen molar-refractivity contribution in [1.82, 2.24) is 20.0 Å². The first-order valence-corrected chi connectivity index (χ1v) is 11.2. The number of nitrogens with zero attached hydrogens (tertiary/aromatic N) is 3. The van der Waals surface area contributed by atoms with Crippen LogP contribution in [0.1, 0.15) is 39.9 Å². The van der Waals surface area contributed by atoms with Gasteiger partial charge in [-0.2, -0.15) is 10.1 Å². The number of nitrogens with one attached hydrogen (secondary N) is 2. The molecule has 0 aliphatic rings. The summed E-state index contributed by atoms with van der Waals surface area (Å²) in [7, 11) is 3.39. The maximum atomic E-state index is 12.5. The molecule has 2 aromatic heterocycles. The Hall–Kier alpha value is -4.41. The van der Waals surface area contributed by atoms with Crippen molar-refractivity contribution in [2.24, 2.45) is 12.1 Å². The van der Waals surface area contributed by atoms with Crippen LogP contribution in [0.4, 0.5) is 0 Å². The number of aryl methyl sites for hydroxylation is 2. The van der Waals surface area contributed by atoms with Crippen molar-refractivity contribution < 1.29 is 23.8 Å². The highest BCUT2D eigenvalue weighted by atomic mass is 16.5. The molecule has 1 amide bonds. The Morgan fingerprint density at radius 1 is 1.19 bits per heavy atom. The highest BCUT2D eigenvalue weighted by Gasteiger charge is 2.21. The lowest BCUT2D eigenvalue weighted by molar-refractivity contribution is -0.123. The molecule has 0 saturated heterocycles. The molecular weight excluding hydrogens is 466 g/mol. The molecule has 0 aliphatic carbocycles. The summed E-state index contributed by atoms with van der Waals surface area (Å²) in [6.07, 6.45) is 1.58. The summed E-state index contributed by atoms with van der Waals surface area (Å²) in [5.41, 5.74) is 5.92. The first-order chi connectivity index (χ1) is 17.2. The summed E-state index contributed by atoms with van der Waals surface area (Å²) < 4.78 is 18.1. The fourth-order valence-electron chi connectivity index (χ4n) is 3.55. The number of carbonyl (C=O) groups is 2. The molecule has 36 heavy (non-hydrogen) atoms. The smallest absolute Gasteiger partial charge is 0.345 e. The van der Waals surface area contributed by atoms with E-state index in [9.17, 15) is 14.4 Å². The number of hydrogen-bond donors (Lipinski definition) is 2. The molecule has 0 bridgehead atoms. The van der Waals surface area contributed by atoms with E-state index in [0.717, 1.165) is 17.0 Å². The van der Waals surface area contributed by atoms with E-state index in [1.807, 2.05) is 31.5 Å². The van der Waals surface area contributed by atoms with Gasteiger partial charge in [0.1, 0.15) is 5.56 Å². The highest BCUT2D eigenvalue weighted by molar-refractivity contribution is 5.97. The van der Waals surface area contributed by atoms with E-state index < -0.39 is 17.6 Å². The highest BCUT2D eigenvalue weighted by Crippen LogP contribution is 2.33. The van der Waals surface area contributed by atoms with Gasteiger partial charge in [0.05, 0.1) is 25.6 Å². The van der Waals surface area contributed by atoms with E-state index in [1.165, 1.54) is 7.11 Å². The minimum Gasteiger partial charge on any atom is -0.493 e.